The molecule has 2 rings (SSSR count). The maximum absolute atomic E-state index is 11.2. The Morgan fingerprint density at radius 2 is 1.00 bits per heavy atom. The van der Waals surface area contributed by atoms with Crippen LogP contribution in [0.15, 0.2) is 0 Å². The maximum atomic E-state index is 11.2. The van der Waals surface area contributed by atoms with Gasteiger partial charge in [0, 0.05) is 10.8 Å². The minimum absolute atomic E-state index is 0.0279. The van der Waals surface area contributed by atoms with Crippen LogP contribution >= 0.6 is 0 Å². The second-order valence-electron chi connectivity index (χ2n) is 8.62. The van der Waals surface area contributed by atoms with Crippen molar-refractivity contribution in [2.24, 2.45) is 10.8 Å². The van der Waals surface area contributed by atoms with E-state index in [-0.39, 0.29) is 22.8 Å². The third-order valence-corrected chi connectivity index (χ3v) is 5.62. The molecule has 24 heavy (non-hydrogen) atoms. The van der Waals surface area contributed by atoms with Gasteiger partial charge in [0.15, 0.2) is 0 Å². The van der Waals surface area contributed by atoms with Crippen molar-refractivity contribution in [3.63, 3.8) is 0 Å². The standard InChI is InChI=1S/C20H34O4/c1-19(13-17(21)23-15-19)11-9-7-5-3-4-6-8-10-12-20(2)14-18(22)24-16-20/h3-16H2,1-2H3/t19-,20-/m1/s1. The van der Waals surface area contributed by atoms with Gasteiger partial charge in [0.25, 0.3) is 0 Å². The number of cyclic esters (lactones) is 2. The fourth-order valence-corrected chi connectivity index (χ4v) is 3.90. The van der Waals surface area contributed by atoms with Crippen molar-refractivity contribution in [2.75, 3.05) is 13.2 Å². The van der Waals surface area contributed by atoms with Crippen molar-refractivity contribution in [1.29, 1.82) is 0 Å². The molecule has 2 aliphatic rings. The zero-order valence-electron chi connectivity index (χ0n) is 15.5. The highest BCUT2D eigenvalue weighted by Crippen LogP contribution is 2.35. The van der Waals surface area contributed by atoms with E-state index in [0.717, 1.165) is 12.8 Å². The van der Waals surface area contributed by atoms with Gasteiger partial charge in [0.05, 0.1) is 26.1 Å². The first kappa shape index (κ1) is 19.3. The molecule has 0 radical (unpaired) electrons. The largest absolute Gasteiger partial charge is 0.465 e. The molecule has 0 bridgehead atoms. The Morgan fingerprint density at radius 3 is 1.29 bits per heavy atom. The summed E-state index contributed by atoms with van der Waals surface area (Å²) in [6.07, 6.45) is 13.6. The highest BCUT2D eigenvalue weighted by atomic mass is 16.5. The van der Waals surface area contributed by atoms with Crippen molar-refractivity contribution in [3.8, 4) is 0 Å². The van der Waals surface area contributed by atoms with Crippen molar-refractivity contribution >= 4 is 11.9 Å². The summed E-state index contributed by atoms with van der Waals surface area (Å²) in [5.41, 5.74) is 0.192. The van der Waals surface area contributed by atoms with Gasteiger partial charge in [-0.15, -0.1) is 0 Å². The van der Waals surface area contributed by atoms with Crippen LogP contribution in [0, 0.1) is 10.8 Å². The first-order valence-corrected chi connectivity index (χ1v) is 9.72. The number of ether oxygens (including phenoxy) is 2. The van der Waals surface area contributed by atoms with Gasteiger partial charge in [0.2, 0.25) is 0 Å². The number of carbonyl (C=O) groups is 2. The summed E-state index contributed by atoms with van der Waals surface area (Å²) in [7, 11) is 0. The number of unbranched alkanes of at least 4 members (excludes halogenated alkanes) is 7. The number of hydrogen-bond acceptors (Lipinski definition) is 4. The third kappa shape index (κ3) is 6.45. The molecule has 2 heterocycles. The van der Waals surface area contributed by atoms with Crippen LogP contribution in [0.5, 0.6) is 0 Å². The van der Waals surface area contributed by atoms with E-state index in [1.54, 1.807) is 0 Å². The molecule has 0 aromatic carbocycles. The predicted molar refractivity (Wildman–Crippen MR) is 93.5 cm³/mol. The monoisotopic (exact) mass is 338 g/mol. The van der Waals surface area contributed by atoms with Crippen LogP contribution in [0.1, 0.15) is 90.9 Å². The topological polar surface area (TPSA) is 52.6 Å². The Morgan fingerprint density at radius 1 is 0.667 bits per heavy atom. The van der Waals surface area contributed by atoms with E-state index in [9.17, 15) is 9.59 Å². The van der Waals surface area contributed by atoms with Crippen molar-refractivity contribution < 1.29 is 19.1 Å². The van der Waals surface area contributed by atoms with Crippen molar-refractivity contribution in [3.05, 3.63) is 0 Å². The lowest BCUT2D eigenvalue weighted by molar-refractivity contribution is -0.138. The average Bonchev–Trinajstić information content (AvgIpc) is 3.04. The fourth-order valence-electron chi connectivity index (χ4n) is 3.90. The Balaban J connectivity index is 1.38. The molecule has 0 aromatic rings. The minimum atomic E-state index is -0.0279. The van der Waals surface area contributed by atoms with E-state index >= 15 is 0 Å². The molecule has 2 atom stereocenters. The van der Waals surface area contributed by atoms with Crippen LogP contribution in [0.25, 0.3) is 0 Å². The van der Waals surface area contributed by atoms with Crippen LogP contribution in [-0.4, -0.2) is 25.2 Å². The Labute approximate surface area is 146 Å². The smallest absolute Gasteiger partial charge is 0.306 e. The molecule has 0 spiro atoms. The molecule has 0 amide bonds. The van der Waals surface area contributed by atoms with Crippen LogP contribution in [-0.2, 0) is 19.1 Å². The third-order valence-electron chi connectivity index (χ3n) is 5.62. The van der Waals surface area contributed by atoms with Crippen LogP contribution in [0.4, 0.5) is 0 Å². The summed E-state index contributed by atoms with van der Waals surface area (Å²) in [4.78, 5) is 22.4. The molecule has 0 saturated carbocycles. The molecule has 138 valence electrons. The summed E-state index contributed by atoms with van der Waals surface area (Å²) >= 11 is 0. The minimum Gasteiger partial charge on any atom is -0.465 e. The van der Waals surface area contributed by atoms with E-state index < -0.39 is 0 Å². The van der Waals surface area contributed by atoms with Gasteiger partial charge in [-0.05, 0) is 12.8 Å². The summed E-state index contributed by atoms with van der Waals surface area (Å²) in [6.45, 7) is 5.56. The number of hydrogen-bond donors (Lipinski definition) is 0. The first-order chi connectivity index (χ1) is 11.4. The van der Waals surface area contributed by atoms with Gasteiger partial charge in [-0.25, -0.2) is 0 Å². The molecule has 4 heteroatoms. The highest BCUT2D eigenvalue weighted by Gasteiger charge is 2.35. The second-order valence-corrected chi connectivity index (χ2v) is 8.62. The second kappa shape index (κ2) is 8.87. The Hall–Kier alpha value is -1.06. The van der Waals surface area contributed by atoms with Gasteiger partial charge >= 0.3 is 11.9 Å². The molecule has 2 fully saturated rings. The lowest BCUT2D eigenvalue weighted by atomic mass is 9.83. The summed E-state index contributed by atoms with van der Waals surface area (Å²) < 4.78 is 10.2. The highest BCUT2D eigenvalue weighted by molar-refractivity contribution is 5.72. The first-order valence-electron chi connectivity index (χ1n) is 9.72. The SMILES string of the molecule is C[C@]1(CCCCCCCCCC[C@@]2(C)COC(=O)C2)COC(=O)C1. The fraction of sp³-hybridized carbons (Fsp3) is 0.900. The predicted octanol–water partition coefficient (Wildman–Crippen LogP) is 4.79. The van der Waals surface area contributed by atoms with Crippen LogP contribution in [0.2, 0.25) is 0 Å². The van der Waals surface area contributed by atoms with Crippen molar-refractivity contribution in [2.45, 2.75) is 90.9 Å². The normalized spacial score (nSPS) is 29.8. The number of carbonyl (C=O) groups excluding carboxylic acids is 2. The summed E-state index contributed by atoms with van der Waals surface area (Å²) in [5.74, 6) is -0.0558. The number of esters is 2. The van der Waals surface area contributed by atoms with Crippen LogP contribution < -0.4 is 0 Å². The quantitative estimate of drug-likeness (QED) is 0.401. The lowest BCUT2D eigenvalue weighted by Gasteiger charge is -2.19. The van der Waals surface area contributed by atoms with Gasteiger partial charge in [-0.3, -0.25) is 9.59 Å². The molecule has 2 aliphatic heterocycles. The molecular formula is C20H34O4. The molecule has 2 saturated heterocycles. The molecule has 0 N–H and O–H groups in total. The van der Waals surface area contributed by atoms with Crippen molar-refractivity contribution in [1.82, 2.24) is 0 Å². The van der Waals surface area contributed by atoms with E-state index in [4.69, 9.17) is 9.47 Å². The summed E-state index contributed by atoms with van der Waals surface area (Å²) in [6, 6.07) is 0. The molecule has 0 unspecified atom stereocenters. The van der Waals surface area contributed by atoms with Gasteiger partial charge in [0.1, 0.15) is 0 Å². The van der Waals surface area contributed by atoms with E-state index in [0.29, 0.717) is 26.1 Å². The molecular weight excluding hydrogens is 304 g/mol. The maximum Gasteiger partial charge on any atom is 0.306 e. The van der Waals surface area contributed by atoms with Gasteiger partial charge < -0.3 is 9.47 Å². The molecule has 4 nitrogen and oxygen atoms in total. The van der Waals surface area contributed by atoms with E-state index in [1.807, 2.05) is 0 Å². The molecule has 0 aliphatic carbocycles. The van der Waals surface area contributed by atoms with Gasteiger partial charge in [-0.1, -0.05) is 65.2 Å². The Kier molecular flexibility index (Phi) is 7.12. The van der Waals surface area contributed by atoms with E-state index in [2.05, 4.69) is 13.8 Å². The zero-order valence-corrected chi connectivity index (χ0v) is 15.5. The average molecular weight is 338 g/mol. The van der Waals surface area contributed by atoms with E-state index in [1.165, 1.54) is 51.4 Å². The number of rotatable bonds is 11. The van der Waals surface area contributed by atoms with Gasteiger partial charge in [-0.2, -0.15) is 0 Å². The zero-order chi connectivity index (χ0) is 17.5. The Bertz CT molecular complexity index is 393. The summed E-state index contributed by atoms with van der Waals surface area (Å²) in [5, 5.41) is 0. The molecule has 0 aromatic heterocycles. The van der Waals surface area contributed by atoms with Crippen LogP contribution in [0.3, 0.4) is 0 Å². The lowest BCUT2D eigenvalue weighted by Crippen LogP contribution is -2.15.